The van der Waals surface area contributed by atoms with Gasteiger partial charge in [0.2, 0.25) is 0 Å². The number of methoxy groups -OCH3 is 1. The van der Waals surface area contributed by atoms with Crippen LogP contribution in [0.3, 0.4) is 0 Å². The number of rotatable bonds is 2. The molecule has 78 valence electrons. The third-order valence-corrected chi connectivity index (χ3v) is 3.01. The molecule has 1 rings (SSSR count). The van der Waals surface area contributed by atoms with Crippen LogP contribution >= 0.6 is 0 Å². The molecule has 3 atom stereocenters. The van der Waals surface area contributed by atoms with Crippen LogP contribution in [0.25, 0.3) is 0 Å². The number of hydrogen-bond acceptors (Lipinski definition) is 3. The van der Waals surface area contributed by atoms with E-state index in [0.29, 0.717) is 6.04 Å². The molecule has 0 bridgehead atoms. The zero-order valence-electron chi connectivity index (χ0n) is 9.26. The Bertz CT molecular complexity index is 170. The highest BCUT2D eigenvalue weighted by Crippen LogP contribution is 2.21. The predicted octanol–water partition coefficient (Wildman–Crippen LogP) is 1.18. The van der Waals surface area contributed by atoms with Gasteiger partial charge in [-0.15, -0.1) is 0 Å². The monoisotopic (exact) mass is 187 g/mol. The van der Waals surface area contributed by atoms with E-state index >= 15 is 0 Å². The third-order valence-electron chi connectivity index (χ3n) is 3.01. The summed E-state index contributed by atoms with van der Waals surface area (Å²) < 4.78 is 11.3. The number of ether oxygens (including phenoxy) is 2. The largest absolute Gasteiger partial charge is 0.376 e. The smallest absolute Gasteiger partial charge is 0.0987 e. The van der Waals surface area contributed by atoms with E-state index in [9.17, 15) is 0 Å². The fourth-order valence-corrected chi connectivity index (χ4v) is 1.43. The first-order valence-corrected chi connectivity index (χ1v) is 4.91. The Morgan fingerprint density at radius 1 is 1.38 bits per heavy atom. The molecule has 1 aliphatic rings. The lowest BCUT2D eigenvalue weighted by molar-refractivity contribution is -0.151. The molecule has 0 aliphatic carbocycles. The molecule has 1 N–H and O–H groups in total. The van der Waals surface area contributed by atoms with Crippen molar-refractivity contribution < 1.29 is 9.47 Å². The fourth-order valence-electron chi connectivity index (χ4n) is 1.43. The summed E-state index contributed by atoms with van der Waals surface area (Å²) in [6.07, 6.45) is 0.400. The Morgan fingerprint density at radius 2 is 2.00 bits per heavy atom. The van der Waals surface area contributed by atoms with Crippen LogP contribution in [0.2, 0.25) is 0 Å². The molecule has 0 aromatic carbocycles. The van der Waals surface area contributed by atoms with Crippen molar-refractivity contribution in [2.75, 3.05) is 13.7 Å². The lowest BCUT2D eigenvalue weighted by Crippen LogP contribution is -2.57. The second kappa shape index (κ2) is 3.95. The first-order chi connectivity index (χ1) is 5.97. The molecule has 1 fully saturated rings. The average molecular weight is 187 g/mol. The molecule has 0 aromatic rings. The second-order valence-electron chi connectivity index (χ2n) is 4.33. The maximum absolute atomic E-state index is 5.87. The van der Waals surface area contributed by atoms with Gasteiger partial charge >= 0.3 is 0 Å². The first-order valence-electron chi connectivity index (χ1n) is 4.91. The molecule has 3 unspecified atom stereocenters. The molecule has 1 heterocycles. The van der Waals surface area contributed by atoms with Crippen molar-refractivity contribution in [3.05, 3.63) is 0 Å². The van der Waals surface area contributed by atoms with Crippen LogP contribution in [0.4, 0.5) is 0 Å². The molecule has 0 radical (unpaired) electrons. The van der Waals surface area contributed by atoms with Crippen molar-refractivity contribution in [1.29, 1.82) is 0 Å². The van der Waals surface area contributed by atoms with E-state index in [1.807, 2.05) is 0 Å². The van der Waals surface area contributed by atoms with E-state index in [2.05, 4.69) is 33.0 Å². The van der Waals surface area contributed by atoms with Crippen LogP contribution in [-0.4, -0.2) is 37.5 Å². The van der Waals surface area contributed by atoms with Crippen LogP contribution in [0.1, 0.15) is 27.7 Å². The van der Waals surface area contributed by atoms with Gasteiger partial charge in [0.15, 0.2) is 0 Å². The lowest BCUT2D eigenvalue weighted by atomic mass is 9.98. The Hall–Kier alpha value is -0.120. The molecular formula is C10H21NO2. The summed E-state index contributed by atoms with van der Waals surface area (Å²) in [5.41, 5.74) is -0.207. The van der Waals surface area contributed by atoms with Crippen LogP contribution < -0.4 is 5.32 Å². The van der Waals surface area contributed by atoms with Gasteiger partial charge in [0.1, 0.15) is 0 Å². The molecule has 3 nitrogen and oxygen atoms in total. The van der Waals surface area contributed by atoms with Gasteiger partial charge in [-0.25, -0.2) is 0 Å². The Morgan fingerprint density at radius 3 is 2.46 bits per heavy atom. The van der Waals surface area contributed by atoms with E-state index in [1.165, 1.54) is 0 Å². The van der Waals surface area contributed by atoms with E-state index < -0.39 is 0 Å². The topological polar surface area (TPSA) is 30.5 Å². The standard InChI is InChI=1S/C10H21NO2/c1-7-8(2)13-9(6-11-7)10(3,4)12-5/h7-9,11H,6H2,1-5H3. The van der Waals surface area contributed by atoms with Gasteiger partial charge in [-0.1, -0.05) is 0 Å². The SMILES string of the molecule is COC(C)(C)C1CNC(C)C(C)O1. The quantitative estimate of drug-likeness (QED) is 0.704. The highest BCUT2D eigenvalue weighted by Gasteiger charge is 2.35. The first kappa shape index (κ1) is 11.0. The van der Waals surface area contributed by atoms with Crippen molar-refractivity contribution >= 4 is 0 Å². The molecular weight excluding hydrogens is 166 g/mol. The van der Waals surface area contributed by atoms with Crippen molar-refractivity contribution in [3.63, 3.8) is 0 Å². The summed E-state index contributed by atoms with van der Waals surface area (Å²) in [5.74, 6) is 0. The summed E-state index contributed by atoms with van der Waals surface area (Å²) in [4.78, 5) is 0. The summed E-state index contributed by atoms with van der Waals surface area (Å²) in [6, 6.07) is 0.434. The molecule has 1 saturated heterocycles. The van der Waals surface area contributed by atoms with Crippen molar-refractivity contribution in [1.82, 2.24) is 5.32 Å². The Kier molecular flexibility index (Phi) is 3.33. The zero-order chi connectivity index (χ0) is 10.1. The minimum absolute atomic E-state index is 0.142. The summed E-state index contributed by atoms with van der Waals surface area (Å²) in [6.45, 7) is 9.21. The molecule has 13 heavy (non-hydrogen) atoms. The van der Waals surface area contributed by atoms with Crippen LogP contribution in [-0.2, 0) is 9.47 Å². The molecule has 1 aliphatic heterocycles. The summed E-state index contributed by atoms with van der Waals surface area (Å²) in [7, 11) is 1.73. The van der Waals surface area contributed by atoms with E-state index in [0.717, 1.165) is 6.54 Å². The van der Waals surface area contributed by atoms with E-state index in [1.54, 1.807) is 7.11 Å². The number of hydrogen-bond donors (Lipinski definition) is 1. The lowest BCUT2D eigenvalue weighted by Gasteiger charge is -2.41. The maximum atomic E-state index is 5.87. The van der Waals surface area contributed by atoms with Gasteiger partial charge in [0.25, 0.3) is 0 Å². The predicted molar refractivity (Wildman–Crippen MR) is 52.9 cm³/mol. The van der Waals surface area contributed by atoms with Crippen LogP contribution in [0.5, 0.6) is 0 Å². The van der Waals surface area contributed by atoms with Gasteiger partial charge in [-0.05, 0) is 27.7 Å². The van der Waals surface area contributed by atoms with E-state index in [-0.39, 0.29) is 17.8 Å². The zero-order valence-corrected chi connectivity index (χ0v) is 9.26. The average Bonchev–Trinajstić information content (AvgIpc) is 2.09. The summed E-state index contributed by atoms with van der Waals surface area (Å²) in [5, 5.41) is 3.42. The van der Waals surface area contributed by atoms with Crippen LogP contribution in [0, 0.1) is 0 Å². The minimum Gasteiger partial charge on any atom is -0.376 e. The van der Waals surface area contributed by atoms with Crippen LogP contribution in [0.15, 0.2) is 0 Å². The molecule has 0 aromatic heterocycles. The van der Waals surface area contributed by atoms with E-state index in [4.69, 9.17) is 9.47 Å². The highest BCUT2D eigenvalue weighted by atomic mass is 16.6. The molecule has 0 spiro atoms. The van der Waals surface area contributed by atoms with Gasteiger partial charge < -0.3 is 14.8 Å². The maximum Gasteiger partial charge on any atom is 0.0987 e. The van der Waals surface area contributed by atoms with Crippen molar-refractivity contribution in [2.45, 2.75) is 51.5 Å². The fraction of sp³-hybridized carbons (Fsp3) is 1.00. The number of morpholine rings is 1. The van der Waals surface area contributed by atoms with Crippen molar-refractivity contribution in [2.24, 2.45) is 0 Å². The van der Waals surface area contributed by atoms with Crippen molar-refractivity contribution in [3.8, 4) is 0 Å². The number of nitrogens with one attached hydrogen (secondary N) is 1. The van der Waals surface area contributed by atoms with Gasteiger partial charge in [-0.3, -0.25) is 0 Å². The Balaban J connectivity index is 2.55. The molecule has 0 amide bonds. The third kappa shape index (κ3) is 2.42. The highest BCUT2D eigenvalue weighted by molar-refractivity contribution is 4.88. The van der Waals surface area contributed by atoms with Gasteiger partial charge in [0, 0.05) is 19.7 Å². The molecule has 0 saturated carbocycles. The Labute approximate surface area is 80.8 Å². The second-order valence-corrected chi connectivity index (χ2v) is 4.33. The summed E-state index contributed by atoms with van der Waals surface area (Å²) >= 11 is 0. The minimum atomic E-state index is -0.207. The van der Waals surface area contributed by atoms with Gasteiger partial charge in [0.05, 0.1) is 17.8 Å². The molecule has 3 heteroatoms. The van der Waals surface area contributed by atoms with Gasteiger partial charge in [-0.2, -0.15) is 0 Å². The normalized spacial score (nSPS) is 36.2.